The van der Waals surface area contributed by atoms with Gasteiger partial charge in [0, 0.05) is 16.1 Å². The summed E-state index contributed by atoms with van der Waals surface area (Å²) in [4.78, 5) is 1.32. The predicted octanol–water partition coefficient (Wildman–Crippen LogP) is 4.20. The summed E-state index contributed by atoms with van der Waals surface area (Å²) in [6.07, 6.45) is 1.01. The Labute approximate surface area is 102 Å². The molecule has 0 bridgehead atoms. The van der Waals surface area contributed by atoms with Crippen molar-refractivity contribution in [2.75, 3.05) is 0 Å². The summed E-state index contributed by atoms with van der Waals surface area (Å²) in [5, 5.41) is 9.64. The van der Waals surface area contributed by atoms with Crippen LogP contribution < -0.4 is 0 Å². The summed E-state index contributed by atoms with van der Waals surface area (Å²) < 4.78 is 0. The Morgan fingerprint density at radius 3 is 2.44 bits per heavy atom. The molecule has 1 saturated carbocycles. The van der Waals surface area contributed by atoms with Gasteiger partial charge in [0.1, 0.15) is 0 Å². The van der Waals surface area contributed by atoms with Gasteiger partial charge in [0.25, 0.3) is 0 Å². The zero-order valence-electron chi connectivity index (χ0n) is 10.0. The van der Waals surface area contributed by atoms with Crippen LogP contribution in [-0.2, 0) is 0 Å². The molecule has 2 atom stereocenters. The number of rotatable bonds is 3. The van der Waals surface area contributed by atoms with Gasteiger partial charge in [0.2, 0.25) is 0 Å². The third kappa shape index (κ3) is 2.25. The molecule has 0 aliphatic heterocycles. The Bertz CT molecular complexity index is 415. The molecule has 1 aromatic rings. The lowest BCUT2D eigenvalue weighted by atomic mass is 10.0. The summed E-state index contributed by atoms with van der Waals surface area (Å²) >= 11 is 1.88. The molecule has 0 heterocycles. The maximum atomic E-state index is 9.02. The van der Waals surface area contributed by atoms with Crippen molar-refractivity contribution in [3.63, 3.8) is 0 Å². The number of nitriles is 1. The van der Waals surface area contributed by atoms with Crippen LogP contribution in [0.15, 0.2) is 29.2 Å². The Kier molecular flexibility index (Phi) is 2.99. The highest BCUT2D eigenvalue weighted by Crippen LogP contribution is 2.58. The van der Waals surface area contributed by atoms with Gasteiger partial charge in [-0.15, -0.1) is 11.8 Å². The number of hydrogen-bond acceptors (Lipinski definition) is 2. The summed E-state index contributed by atoms with van der Waals surface area (Å²) in [5.74, 6) is 0.454. The fourth-order valence-corrected chi connectivity index (χ4v) is 2.86. The van der Waals surface area contributed by atoms with Crippen molar-refractivity contribution in [1.82, 2.24) is 0 Å². The van der Waals surface area contributed by atoms with Gasteiger partial charge in [-0.1, -0.05) is 26.0 Å². The van der Waals surface area contributed by atoms with Crippen LogP contribution in [0.3, 0.4) is 0 Å². The van der Waals surface area contributed by atoms with Crippen LogP contribution in [0.4, 0.5) is 0 Å². The molecule has 2 rings (SSSR count). The van der Waals surface area contributed by atoms with Gasteiger partial charge in [-0.25, -0.2) is 0 Å². The predicted molar refractivity (Wildman–Crippen MR) is 68.5 cm³/mol. The van der Waals surface area contributed by atoms with Crippen LogP contribution in [0, 0.1) is 16.7 Å². The van der Waals surface area contributed by atoms with Crippen molar-refractivity contribution in [2.45, 2.75) is 43.3 Å². The minimum absolute atomic E-state index is 0.104. The molecule has 84 valence electrons. The molecule has 2 unspecified atom stereocenters. The summed E-state index contributed by atoms with van der Waals surface area (Å²) in [5.41, 5.74) is 1.21. The molecule has 0 radical (unpaired) electrons. The quantitative estimate of drug-likeness (QED) is 0.728. The Morgan fingerprint density at radius 1 is 1.38 bits per heavy atom. The molecule has 1 aliphatic rings. The molecule has 1 nitrogen and oxygen atoms in total. The van der Waals surface area contributed by atoms with Gasteiger partial charge < -0.3 is 0 Å². The number of thioether (sulfide) groups is 1. The Hall–Kier alpha value is -0.940. The second-order valence-electron chi connectivity index (χ2n) is 5.02. The molecule has 0 amide bonds. The topological polar surface area (TPSA) is 23.8 Å². The maximum Gasteiger partial charge on any atom is 0.0693 e. The molecule has 0 N–H and O–H groups in total. The maximum absolute atomic E-state index is 9.02. The number of nitrogens with zero attached hydrogens (tertiary/aromatic N) is 1. The van der Waals surface area contributed by atoms with E-state index in [0.717, 1.165) is 6.42 Å². The summed E-state index contributed by atoms with van der Waals surface area (Å²) in [6.45, 7) is 6.45. The van der Waals surface area contributed by atoms with Crippen LogP contribution in [0.5, 0.6) is 0 Å². The van der Waals surface area contributed by atoms with Crippen LogP contribution in [0.25, 0.3) is 0 Å². The zero-order chi connectivity index (χ0) is 11.8. The molecule has 0 saturated heterocycles. The van der Waals surface area contributed by atoms with Crippen molar-refractivity contribution in [3.8, 4) is 6.07 Å². The van der Waals surface area contributed by atoms with E-state index in [1.165, 1.54) is 10.5 Å². The average molecular weight is 231 g/mol. The molecule has 1 aliphatic carbocycles. The first-order chi connectivity index (χ1) is 7.55. The number of benzene rings is 1. The fourth-order valence-electron chi connectivity index (χ4n) is 2.03. The average Bonchev–Trinajstić information content (AvgIpc) is 2.92. The highest BCUT2D eigenvalue weighted by atomic mass is 32.2. The summed E-state index contributed by atoms with van der Waals surface area (Å²) in [7, 11) is 0. The van der Waals surface area contributed by atoms with Crippen LogP contribution in [-0.4, -0.2) is 5.25 Å². The van der Waals surface area contributed by atoms with E-state index < -0.39 is 0 Å². The van der Waals surface area contributed by atoms with E-state index in [-0.39, 0.29) is 5.41 Å². The van der Waals surface area contributed by atoms with Gasteiger partial charge in [-0.05, 0) is 31.0 Å². The van der Waals surface area contributed by atoms with E-state index in [4.69, 9.17) is 5.26 Å². The second-order valence-corrected chi connectivity index (χ2v) is 6.67. The van der Waals surface area contributed by atoms with Gasteiger partial charge in [0.05, 0.1) is 11.5 Å². The first-order valence-corrected chi connectivity index (χ1v) is 6.61. The highest BCUT2D eigenvalue weighted by molar-refractivity contribution is 7.99. The van der Waals surface area contributed by atoms with Crippen LogP contribution >= 0.6 is 11.8 Å². The van der Waals surface area contributed by atoms with E-state index in [9.17, 15) is 0 Å². The normalized spacial score (nSPS) is 27.8. The van der Waals surface area contributed by atoms with E-state index in [0.29, 0.717) is 11.2 Å². The van der Waals surface area contributed by atoms with E-state index >= 15 is 0 Å². The molecular formula is C14H17NS. The lowest BCUT2D eigenvalue weighted by Gasteiger charge is -2.06. The highest BCUT2D eigenvalue weighted by Gasteiger charge is 2.51. The van der Waals surface area contributed by atoms with Crippen molar-refractivity contribution >= 4 is 11.8 Å². The molecule has 16 heavy (non-hydrogen) atoms. The van der Waals surface area contributed by atoms with Gasteiger partial charge in [0.15, 0.2) is 0 Å². The monoisotopic (exact) mass is 231 g/mol. The van der Waals surface area contributed by atoms with Gasteiger partial charge in [-0.3, -0.25) is 0 Å². The molecular weight excluding hydrogens is 214 g/mol. The smallest absolute Gasteiger partial charge is 0.0693 e. The third-order valence-electron chi connectivity index (χ3n) is 3.15. The van der Waals surface area contributed by atoms with Gasteiger partial charge >= 0.3 is 0 Å². The first-order valence-electron chi connectivity index (χ1n) is 5.73. The van der Waals surface area contributed by atoms with E-state index in [1.54, 1.807) is 0 Å². The first kappa shape index (κ1) is 11.5. The minimum Gasteiger partial charge on any atom is -0.198 e. The van der Waals surface area contributed by atoms with Crippen molar-refractivity contribution < 1.29 is 0 Å². The molecule has 1 fully saturated rings. The molecule has 2 heteroatoms. The second kappa shape index (κ2) is 4.14. The molecule has 0 spiro atoms. The minimum atomic E-state index is -0.104. The largest absolute Gasteiger partial charge is 0.198 e. The van der Waals surface area contributed by atoms with Gasteiger partial charge in [-0.2, -0.15) is 5.26 Å². The van der Waals surface area contributed by atoms with Crippen molar-refractivity contribution in [3.05, 3.63) is 29.8 Å². The Morgan fingerprint density at radius 2 is 2.00 bits per heavy atom. The van der Waals surface area contributed by atoms with E-state index in [1.807, 2.05) is 11.8 Å². The SMILES string of the molecule is CC(C)Sc1ccc(C2CC2(C)C#N)cc1. The third-order valence-corrected chi connectivity index (χ3v) is 4.16. The fraction of sp³-hybridized carbons (Fsp3) is 0.500. The number of hydrogen-bond donors (Lipinski definition) is 0. The zero-order valence-corrected chi connectivity index (χ0v) is 10.8. The lowest BCUT2D eigenvalue weighted by Crippen LogP contribution is -1.92. The molecule has 1 aromatic carbocycles. The van der Waals surface area contributed by atoms with E-state index in [2.05, 4.69) is 51.1 Å². The van der Waals surface area contributed by atoms with Crippen molar-refractivity contribution in [1.29, 1.82) is 5.26 Å². The lowest BCUT2D eigenvalue weighted by molar-refractivity contribution is 0.727. The van der Waals surface area contributed by atoms with Crippen molar-refractivity contribution in [2.24, 2.45) is 5.41 Å². The Balaban J connectivity index is 2.07. The standard InChI is InChI=1S/C14H17NS/c1-10(2)16-12-6-4-11(5-7-12)13-8-14(13,3)9-15/h4-7,10,13H,8H2,1-3H3. The van der Waals surface area contributed by atoms with Crippen LogP contribution in [0.1, 0.15) is 38.7 Å². The molecule has 0 aromatic heterocycles. The van der Waals surface area contributed by atoms with Crippen LogP contribution in [0.2, 0.25) is 0 Å². The summed E-state index contributed by atoms with van der Waals surface area (Å²) in [6, 6.07) is 11.1.